The SMILES string of the molecule is CCOC(=O)CCC(NC(=O)OC(C)(C)C)P(=O)(O)CCc1ccccc1. The summed E-state index contributed by atoms with van der Waals surface area (Å²) >= 11 is 0. The number of esters is 1. The first-order valence-corrected chi connectivity index (χ1v) is 11.0. The Labute approximate surface area is 160 Å². The Kier molecular flexibility index (Phi) is 9.00. The molecule has 0 saturated heterocycles. The van der Waals surface area contributed by atoms with Gasteiger partial charge in [0.15, 0.2) is 0 Å². The molecule has 2 atom stereocenters. The molecule has 0 heterocycles. The van der Waals surface area contributed by atoms with E-state index in [-0.39, 0.29) is 25.6 Å². The number of rotatable bonds is 9. The van der Waals surface area contributed by atoms with E-state index in [1.807, 2.05) is 30.3 Å². The highest BCUT2D eigenvalue weighted by atomic mass is 31.2. The van der Waals surface area contributed by atoms with E-state index in [1.54, 1.807) is 27.7 Å². The maximum absolute atomic E-state index is 12.9. The van der Waals surface area contributed by atoms with Gasteiger partial charge in [-0.25, -0.2) is 4.79 Å². The number of carbonyl (C=O) groups is 2. The van der Waals surface area contributed by atoms with Crippen molar-refractivity contribution < 1.29 is 28.5 Å². The van der Waals surface area contributed by atoms with Crippen LogP contribution in [0.5, 0.6) is 0 Å². The van der Waals surface area contributed by atoms with Gasteiger partial charge in [0, 0.05) is 12.6 Å². The Morgan fingerprint density at radius 3 is 2.41 bits per heavy atom. The van der Waals surface area contributed by atoms with Crippen LogP contribution in [0.1, 0.15) is 46.1 Å². The van der Waals surface area contributed by atoms with Crippen molar-refractivity contribution in [3.8, 4) is 0 Å². The molecule has 1 amide bonds. The maximum Gasteiger partial charge on any atom is 0.408 e. The van der Waals surface area contributed by atoms with Gasteiger partial charge in [-0.3, -0.25) is 9.36 Å². The monoisotopic (exact) mass is 399 g/mol. The Morgan fingerprint density at radius 2 is 1.85 bits per heavy atom. The van der Waals surface area contributed by atoms with Gasteiger partial charge in [0.05, 0.1) is 6.61 Å². The molecule has 0 aromatic heterocycles. The quantitative estimate of drug-likeness (QED) is 0.485. The summed E-state index contributed by atoms with van der Waals surface area (Å²) in [6.07, 6.45) is -0.476. The van der Waals surface area contributed by atoms with Crippen molar-refractivity contribution in [3.05, 3.63) is 35.9 Å². The Balaban J connectivity index is 2.81. The third-order valence-electron chi connectivity index (χ3n) is 3.66. The number of alkyl carbamates (subject to hydrolysis) is 1. The highest BCUT2D eigenvalue weighted by Gasteiger charge is 2.33. The Hall–Kier alpha value is -1.85. The van der Waals surface area contributed by atoms with E-state index in [9.17, 15) is 19.0 Å². The van der Waals surface area contributed by atoms with E-state index in [4.69, 9.17) is 9.47 Å². The normalized spacial score (nSPS) is 14.7. The minimum atomic E-state index is -3.78. The van der Waals surface area contributed by atoms with Crippen LogP contribution in [-0.4, -0.2) is 41.1 Å². The maximum atomic E-state index is 12.9. The largest absolute Gasteiger partial charge is 0.466 e. The molecular formula is C19H30NO6P. The van der Waals surface area contributed by atoms with E-state index in [2.05, 4.69) is 5.32 Å². The molecule has 7 nitrogen and oxygen atoms in total. The minimum Gasteiger partial charge on any atom is -0.466 e. The zero-order valence-corrected chi connectivity index (χ0v) is 17.3. The summed E-state index contributed by atoms with van der Waals surface area (Å²) < 4.78 is 22.9. The number of nitrogens with one attached hydrogen (secondary N) is 1. The molecule has 1 rings (SSSR count). The lowest BCUT2D eigenvalue weighted by Crippen LogP contribution is -2.39. The second-order valence-corrected chi connectivity index (χ2v) is 9.80. The number of amides is 1. The van der Waals surface area contributed by atoms with Crippen molar-refractivity contribution in [1.82, 2.24) is 5.32 Å². The average Bonchev–Trinajstić information content (AvgIpc) is 2.56. The Morgan fingerprint density at radius 1 is 1.22 bits per heavy atom. The smallest absolute Gasteiger partial charge is 0.408 e. The number of hydrogen-bond acceptors (Lipinski definition) is 5. The molecule has 8 heteroatoms. The van der Waals surface area contributed by atoms with Crippen LogP contribution in [0, 0.1) is 0 Å². The zero-order valence-electron chi connectivity index (χ0n) is 16.4. The van der Waals surface area contributed by atoms with Crippen LogP contribution in [0.3, 0.4) is 0 Å². The van der Waals surface area contributed by atoms with Gasteiger partial charge in [-0.05, 0) is 46.1 Å². The molecule has 1 aromatic carbocycles. The number of hydrogen-bond donors (Lipinski definition) is 2. The topological polar surface area (TPSA) is 102 Å². The van der Waals surface area contributed by atoms with Crippen molar-refractivity contribution in [2.75, 3.05) is 12.8 Å². The molecule has 152 valence electrons. The van der Waals surface area contributed by atoms with Gasteiger partial charge in [-0.1, -0.05) is 30.3 Å². The van der Waals surface area contributed by atoms with E-state index in [0.29, 0.717) is 6.42 Å². The van der Waals surface area contributed by atoms with Crippen molar-refractivity contribution >= 4 is 19.4 Å². The van der Waals surface area contributed by atoms with Gasteiger partial charge in [0.1, 0.15) is 11.4 Å². The highest BCUT2D eigenvalue weighted by molar-refractivity contribution is 7.58. The third kappa shape index (κ3) is 9.59. The summed E-state index contributed by atoms with van der Waals surface area (Å²) in [5.41, 5.74) is 0.187. The second kappa shape index (κ2) is 10.5. The van der Waals surface area contributed by atoms with Crippen LogP contribution in [0.15, 0.2) is 30.3 Å². The number of carbonyl (C=O) groups excluding carboxylic acids is 2. The van der Waals surface area contributed by atoms with Crippen LogP contribution >= 0.6 is 7.37 Å². The Bertz CT molecular complexity index is 656. The fourth-order valence-electron chi connectivity index (χ4n) is 2.40. The average molecular weight is 399 g/mol. The number of aryl methyl sites for hydroxylation is 1. The zero-order chi connectivity index (χ0) is 20.5. The molecule has 0 aliphatic heterocycles. The van der Waals surface area contributed by atoms with Gasteiger partial charge >= 0.3 is 12.1 Å². The van der Waals surface area contributed by atoms with Crippen LogP contribution in [0.25, 0.3) is 0 Å². The van der Waals surface area contributed by atoms with Crippen LogP contribution in [-0.2, 0) is 25.3 Å². The molecule has 0 fully saturated rings. The van der Waals surface area contributed by atoms with Crippen molar-refractivity contribution in [2.24, 2.45) is 0 Å². The first kappa shape index (κ1) is 23.2. The van der Waals surface area contributed by atoms with E-state index < -0.39 is 30.8 Å². The van der Waals surface area contributed by atoms with Gasteiger partial charge in [0.25, 0.3) is 0 Å². The molecule has 0 spiro atoms. The van der Waals surface area contributed by atoms with Crippen LogP contribution < -0.4 is 5.32 Å². The van der Waals surface area contributed by atoms with Gasteiger partial charge < -0.3 is 19.7 Å². The predicted molar refractivity (Wildman–Crippen MR) is 104 cm³/mol. The van der Waals surface area contributed by atoms with Gasteiger partial charge in [0.2, 0.25) is 7.37 Å². The summed E-state index contributed by atoms with van der Waals surface area (Å²) in [5, 5.41) is 2.47. The molecule has 0 aliphatic carbocycles. The summed E-state index contributed by atoms with van der Waals surface area (Å²) in [7, 11) is -3.78. The lowest BCUT2D eigenvalue weighted by molar-refractivity contribution is -0.143. The molecule has 0 aliphatic rings. The number of ether oxygens (including phenoxy) is 2. The molecule has 1 aromatic rings. The fourth-order valence-corrected chi connectivity index (χ4v) is 4.13. The summed E-state index contributed by atoms with van der Waals surface area (Å²) in [6, 6.07) is 9.32. The predicted octanol–water partition coefficient (Wildman–Crippen LogP) is 3.69. The summed E-state index contributed by atoms with van der Waals surface area (Å²) in [4.78, 5) is 34.3. The fraction of sp³-hybridized carbons (Fsp3) is 0.579. The standard InChI is InChI=1S/C19H30NO6P/c1-5-25-17(21)12-11-16(20-18(22)26-19(2,3)4)27(23,24)14-13-15-9-7-6-8-10-15/h6-10,16H,5,11-14H2,1-4H3,(H,20,22)(H,23,24). The summed E-state index contributed by atoms with van der Waals surface area (Å²) in [5.74, 6) is -1.56. The molecular weight excluding hydrogens is 369 g/mol. The molecule has 0 radical (unpaired) electrons. The van der Waals surface area contributed by atoms with Crippen LogP contribution in [0.4, 0.5) is 4.79 Å². The van der Waals surface area contributed by atoms with Crippen molar-refractivity contribution in [2.45, 2.75) is 58.3 Å². The lowest BCUT2D eigenvalue weighted by atomic mass is 10.2. The lowest BCUT2D eigenvalue weighted by Gasteiger charge is -2.26. The van der Waals surface area contributed by atoms with Gasteiger partial charge in [-0.15, -0.1) is 0 Å². The van der Waals surface area contributed by atoms with Crippen molar-refractivity contribution in [1.29, 1.82) is 0 Å². The van der Waals surface area contributed by atoms with Gasteiger partial charge in [-0.2, -0.15) is 0 Å². The molecule has 2 N–H and O–H groups in total. The second-order valence-electron chi connectivity index (χ2n) is 7.22. The van der Waals surface area contributed by atoms with E-state index in [0.717, 1.165) is 5.56 Å². The summed E-state index contributed by atoms with van der Waals surface area (Å²) in [6.45, 7) is 7.02. The van der Waals surface area contributed by atoms with Crippen LogP contribution in [0.2, 0.25) is 0 Å². The van der Waals surface area contributed by atoms with Crippen molar-refractivity contribution in [3.63, 3.8) is 0 Å². The third-order valence-corrected chi connectivity index (χ3v) is 5.89. The first-order chi connectivity index (χ1) is 12.5. The molecule has 0 saturated carbocycles. The van der Waals surface area contributed by atoms with E-state index in [1.165, 1.54) is 0 Å². The minimum absolute atomic E-state index is 0.000639. The van der Waals surface area contributed by atoms with E-state index >= 15 is 0 Å². The molecule has 2 unspecified atom stereocenters. The highest BCUT2D eigenvalue weighted by Crippen LogP contribution is 2.47. The molecule has 0 bridgehead atoms. The first-order valence-electron chi connectivity index (χ1n) is 9.04. The molecule has 27 heavy (non-hydrogen) atoms. The number of benzene rings is 1.